The maximum Gasteiger partial charge on any atom is 0.328 e. The lowest BCUT2D eigenvalue weighted by Gasteiger charge is -2.09. The van der Waals surface area contributed by atoms with Gasteiger partial charge in [0, 0.05) is 35.0 Å². The van der Waals surface area contributed by atoms with Gasteiger partial charge in [0.1, 0.15) is 0 Å². The zero-order valence-corrected chi connectivity index (χ0v) is 11.4. The molecule has 0 bridgehead atoms. The molecule has 0 aliphatic rings. The molecule has 0 saturated carbocycles. The monoisotopic (exact) mass is 272 g/mol. The van der Waals surface area contributed by atoms with E-state index < -0.39 is 27.8 Å². The van der Waals surface area contributed by atoms with Crippen molar-refractivity contribution in [2.45, 2.75) is 32.1 Å². The number of hydrogen-bond donors (Lipinski definition) is 1. The second-order valence-corrected chi connectivity index (χ2v) is 5.92. The number of rotatable bonds is 5. The minimum atomic E-state index is -1.01. The molecule has 0 radical (unpaired) electrons. The topological polar surface area (TPSA) is 89.0 Å². The summed E-state index contributed by atoms with van der Waals surface area (Å²) >= 11 is 0. The third kappa shape index (κ3) is 3.25. The van der Waals surface area contributed by atoms with Gasteiger partial charge in [-0.1, -0.05) is 6.92 Å². The molecular formula is C11H16N2O4S. The van der Waals surface area contributed by atoms with Gasteiger partial charge in [0.2, 0.25) is 0 Å². The van der Waals surface area contributed by atoms with E-state index in [4.69, 9.17) is 0 Å². The second kappa shape index (κ2) is 5.90. The standard InChI is InChI=1S/C11H16N2O4S/c1-7(18(3)17)4-5-13-10(15)9(8(2)14)6-12-11(13)16/h6-7H,4-5H2,1-3H3,(H,12,16). The smallest absolute Gasteiger partial charge is 0.313 e. The molecule has 1 rings (SSSR count). The molecule has 0 aliphatic carbocycles. The minimum Gasteiger partial charge on any atom is -0.313 e. The van der Waals surface area contributed by atoms with Gasteiger partial charge < -0.3 is 4.98 Å². The average molecular weight is 272 g/mol. The van der Waals surface area contributed by atoms with Gasteiger partial charge in [-0.2, -0.15) is 0 Å². The number of Topliss-reactive ketones (excluding diaryl/α,β-unsaturated/α-hetero) is 1. The first-order valence-electron chi connectivity index (χ1n) is 5.50. The number of nitrogens with zero attached hydrogens (tertiary/aromatic N) is 1. The Morgan fingerprint density at radius 2 is 2.11 bits per heavy atom. The highest BCUT2D eigenvalue weighted by Crippen LogP contribution is 2.00. The molecule has 7 heteroatoms. The van der Waals surface area contributed by atoms with Crippen LogP contribution in [0.15, 0.2) is 15.8 Å². The van der Waals surface area contributed by atoms with Gasteiger partial charge in [-0.3, -0.25) is 18.4 Å². The third-order valence-electron chi connectivity index (χ3n) is 2.77. The number of ketones is 1. The lowest BCUT2D eigenvalue weighted by molar-refractivity contribution is 0.101. The van der Waals surface area contributed by atoms with Crippen LogP contribution in [-0.4, -0.2) is 31.0 Å². The quantitative estimate of drug-likeness (QED) is 0.758. The number of aromatic nitrogens is 2. The first-order chi connectivity index (χ1) is 8.34. The van der Waals surface area contributed by atoms with Crippen LogP contribution in [0, 0.1) is 0 Å². The predicted molar refractivity (Wildman–Crippen MR) is 69.5 cm³/mol. The largest absolute Gasteiger partial charge is 0.328 e. The van der Waals surface area contributed by atoms with Crippen LogP contribution < -0.4 is 11.2 Å². The van der Waals surface area contributed by atoms with Crippen molar-refractivity contribution in [1.82, 2.24) is 9.55 Å². The first kappa shape index (κ1) is 14.6. The fourth-order valence-electron chi connectivity index (χ4n) is 1.44. The normalized spacial score (nSPS) is 14.2. The van der Waals surface area contributed by atoms with Crippen molar-refractivity contribution < 1.29 is 9.00 Å². The molecule has 0 saturated heterocycles. The molecule has 0 aliphatic heterocycles. The Morgan fingerprint density at radius 3 is 2.61 bits per heavy atom. The summed E-state index contributed by atoms with van der Waals surface area (Å²) in [4.78, 5) is 36.9. The highest BCUT2D eigenvalue weighted by atomic mass is 32.2. The van der Waals surface area contributed by atoms with Gasteiger partial charge in [-0.25, -0.2) is 4.79 Å². The molecule has 1 aromatic heterocycles. The van der Waals surface area contributed by atoms with Gasteiger partial charge in [-0.15, -0.1) is 0 Å². The Kier molecular flexibility index (Phi) is 4.77. The Labute approximate surface area is 106 Å². The Hall–Kier alpha value is -1.50. The Bertz CT molecular complexity index is 587. The molecule has 0 aromatic carbocycles. The van der Waals surface area contributed by atoms with Gasteiger partial charge in [0.05, 0.1) is 5.56 Å². The van der Waals surface area contributed by atoms with Gasteiger partial charge in [-0.05, 0) is 13.3 Å². The van der Waals surface area contributed by atoms with Crippen molar-refractivity contribution in [3.05, 3.63) is 32.6 Å². The zero-order chi connectivity index (χ0) is 13.9. The highest BCUT2D eigenvalue weighted by Gasteiger charge is 2.13. The Morgan fingerprint density at radius 1 is 1.50 bits per heavy atom. The van der Waals surface area contributed by atoms with Gasteiger partial charge in [0.25, 0.3) is 5.56 Å². The van der Waals surface area contributed by atoms with E-state index in [1.54, 1.807) is 13.2 Å². The van der Waals surface area contributed by atoms with Crippen LogP contribution in [0.25, 0.3) is 0 Å². The highest BCUT2D eigenvalue weighted by molar-refractivity contribution is 7.84. The third-order valence-corrected chi connectivity index (χ3v) is 4.13. The Balaban J connectivity index is 3.06. The van der Waals surface area contributed by atoms with Gasteiger partial charge in [0.15, 0.2) is 5.78 Å². The molecule has 2 atom stereocenters. The van der Waals surface area contributed by atoms with E-state index in [-0.39, 0.29) is 17.4 Å². The lowest BCUT2D eigenvalue weighted by atomic mass is 10.2. The minimum absolute atomic E-state index is 0.0418. The van der Waals surface area contributed by atoms with E-state index in [0.717, 1.165) is 10.8 Å². The molecule has 100 valence electrons. The van der Waals surface area contributed by atoms with E-state index in [2.05, 4.69) is 4.98 Å². The summed E-state index contributed by atoms with van der Waals surface area (Å²) in [5, 5.41) is -0.114. The van der Waals surface area contributed by atoms with Crippen molar-refractivity contribution in [3.8, 4) is 0 Å². The first-order valence-corrected chi connectivity index (χ1v) is 7.12. The van der Waals surface area contributed by atoms with Crippen LogP contribution >= 0.6 is 0 Å². The van der Waals surface area contributed by atoms with Crippen LogP contribution in [0.3, 0.4) is 0 Å². The summed E-state index contributed by atoms with van der Waals surface area (Å²) in [5.74, 6) is -0.392. The molecule has 6 nitrogen and oxygen atoms in total. The fraction of sp³-hybridized carbons (Fsp3) is 0.545. The van der Waals surface area contributed by atoms with Gasteiger partial charge >= 0.3 is 5.69 Å². The summed E-state index contributed by atoms with van der Waals surface area (Å²) in [7, 11) is -1.01. The average Bonchev–Trinajstić information content (AvgIpc) is 2.27. The van der Waals surface area contributed by atoms with Crippen molar-refractivity contribution in [2.75, 3.05) is 6.26 Å². The van der Waals surface area contributed by atoms with Crippen LogP contribution in [0.4, 0.5) is 0 Å². The molecule has 1 N–H and O–H groups in total. The van der Waals surface area contributed by atoms with Crippen molar-refractivity contribution in [3.63, 3.8) is 0 Å². The molecule has 2 unspecified atom stereocenters. The van der Waals surface area contributed by atoms with Crippen LogP contribution in [0.2, 0.25) is 0 Å². The molecule has 18 heavy (non-hydrogen) atoms. The number of nitrogens with one attached hydrogen (secondary N) is 1. The molecule has 1 aromatic rings. The van der Waals surface area contributed by atoms with Crippen molar-refractivity contribution in [1.29, 1.82) is 0 Å². The second-order valence-electron chi connectivity index (χ2n) is 4.12. The SMILES string of the molecule is CC(=O)c1c[nH]c(=O)n(CCC(C)S(C)=O)c1=O. The lowest BCUT2D eigenvalue weighted by Crippen LogP contribution is -2.38. The van der Waals surface area contributed by atoms with Crippen LogP contribution in [-0.2, 0) is 17.3 Å². The van der Waals surface area contributed by atoms with E-state index in [1.165, 1.54) is 6.92 Å². The summed E-state index contributed by atoms with van der Waals surface area (Å²) in [6.45, 7) is 3.20. The van der Waals surface area contributed by atoms with Crippen LogP contribution in [0.5, 0.6) is 0 Å². The summed E-state index contributed by atoms with van der Waals surface area (Å²) in [6.07, 6.45) is 3.14. The maximum atomic E-state index is 11.9. The fourth-order valence-corrected chi connectivity index (χ4v) is 1.88. The number of H-pyrrole nitrogens is 1. The zero-order valence-electron chi connectivity index (χ0n) is 10.6. The molecule has 0 spiro atoms. The summed E-state index contributed by atoms with van der Waals surface area (Å²) in [5.41, 5.74) is -1.20. The number of hydrogen-bond acceptors (Lipinski definition) is 4. The number of carbonyl (C=O) groups is 1. The molecule has 0 fully saturated rings. The predicted octanol–water partition coefficient (Wildman–Crippen LogP) is -0.104. The van der Waals surface area contributed by atoms with E-state index in [1.807, 2.05) is 0 Å². The molecule has 0 amide bonds. The number of aromatic amines is 1. The molecular weight excluding hydrogens is 256 g/mol. The van der Waals surface area contributed by atoms with Crippen LogP contribution in [0.1, 0.15) is 30.6 Å². The number of carbonyl (C=O) groups excluding carboxylic acids is 1. The van der Waals surface area contributed by atoms with E-state index >= 15 is 0 Å². The maximum absolute atomic E-state index is 11.9. The molecule has 1 heterocycles. The van der Waals surface area contributed by atoms with Crippen molar-refractivity contribution >= 4 is 16.6 Å². The van der Waals surface area contributed by atoms with E-state index in [9.17, 15) is 18.6 Å². The van der Waals surface area contributed by atoms with Crippen molar-refractivity contribution in [2.24, 2.45) is 0 Å². The summed E-state index contributed by atoms with van der Waals surface area (Å²) < 4.78 is 12.2. The summed E-state index contributed by atoms with van der Waals surface area (Å²) in [6, 6.07) is 0. The van der Waals surface area contributed by atoms with E-state index in [0.29, 0.717) is 6.42 Å².